The fourth-order valence-corrected chi connectivity index (χ4v) is 2.98. The van der Waals surface area contributed by atoms with Gasteiger partial charge in [-0.05, 0) is 63.9 Å². The van der Waals surface area contributed by atoms with Crippen molar-refractivity contribution in [2.75, 3.05) is 5.32 Å². The fraction of sp³-hybridized carbons (Fsp3) is 0.381. The van der Waals surface area contributed by atoms with E-state index in [4.69, 9.17) is 4.98 Å². The topological polar surface area (TPSA) is 59.8 Å². The number of nitrogens with one attached hydrogen (secondary N) is 1. The van der Waals surface area contributed by atoms with Crippen LogP contribution in [-0.4, -0.2) is 20.7 Å². The Hall–Kier alpha value is -2.76. The van der Waals surface area contributed by atoms with Crippen LogP contribution in [0.2, 0.25) is 0 Å². The molecule has 0 fully saturated rings. The molecule has 0 aliphatic heterocycles. The maximum Gasteiger partial charge on any atom is 0.256 e. The van der Waals surface area contributed by atoms with Gasteiger partial charge in [-0.1, -0.05) is 13.8 Å². The summed E-state index contributed by atoms with van der Waals surface area (Å²) < 4.78 is 15.0. The smallest absolute Gasteiger partial charge is 0.256 e. The molecule has 27 heavy (non-hydrogen) atoms. The van der Waals surface area contributed by atoms with Gasteiger partial charge in [-0.2, -0.15) is 5.10 Å². The lowest BCUT2D eigenvalue weighted by atomic mass is 10.0. The third-order valence-corrected chi connectivity index (χ3v) is 4.41. The number of hydrogen-bond donors (Lipinski definition) is 1. The van der Waals surface area contributed by atoms with Gasteiger partial charge in [-0.3, -0.25) is 4.79 Å². The van der Waals surface area contributed by atoms with Crippen LogP contribution in [0.1, 0.15) is 62.3 Å². The van der Waals surface area contributed by atoms with E-state index in [2.05, 4.69) is 31.2 Å². The zero-order chi connectivity index (χ0) is 19.9. The average Bonchev–Trinajstić information content (AvgIpc) is 2.93. The monoisotopic (exact) mass is 368 g/mol. The van der Waals surface area contributed by atoms with Crippen LogP contribution in [0.25, 0.3) is 11.0 Å². The van der Waals surface area contributed by atoms with Crippen molar-refractivity contribution in [1.82, 2.24) is 14.8 Å². The summed E-state index contributed by atoms with van der Waals surface area (Å²) in [6.45, 7) is 12.1. The molecule has 142 valence electrons. The van der Waals surface area contributed by atoms with Crippen molar-refractivity contribution in [3.63, 3.8) is 0 Å². The standard InChI is InChI=1S/C21H25FN4O/c1-12(2)17-11-16(20(27)23-15-9-7-14(22)8-10-15)18-13(3)25-26(19(18)24-17)21(4,5)6/h7-12H,1-6H3,(H,23,27). The van der Waals surface area contributed by atoms with E-state index in [0.29, 0.717) is 16.9 Å². The fourth-order valence-electron chi connectivity index (χ4n) is 2.98. The van der Waals surface area contributed by atoms with E-state index in [-0.39, 0.29) is 23.2 Å². The van der Waals surface area contributed by atoms with Crippen molar-refractivity contribution in [3.8, 4) is 0 Å². The largest absolute Gasteiger partial charge is 0.322 e. The molecular weight excluding hydrogens is 343 g/mol. The Bertz CT molecular complexity index is 998. The molecule has 6 heteroatoms. The van der Waals surface area contributed by atoms with Crippen LogP contribution in [0.15, 0.2) is 30.3 Å². The SMILES string of the molecule is Cc1nn(C(C)(C)C)c2nc(C(C)C)cc(C(=O)Nc3ccc(F)cc3)c12. The van der Waals surface area contributed by atoms with Crippen LogP contribution in [0.5, 0.6) is 0 Å². The maximum atomic E-state index is 13.1. The van der Waals surface area contributed by atoms with Gasteiger partial charge in [0.25, 0.3) is 5.91 Å². The summed E-state index contributed by atoms with van der Waals surface area (Å²) in [4.78, 5) is 17.8. The number of halogens is 1. The summed E-state index contributed by atoms with van der Waals surface area (Å²) in [5, 5.41) is 8.24. The first-order valence-corrected chi connectivity index (χ1v) is 9.05. The number of pyridine rings is 1. The molecule has 3 aromatic rings. The van der Waals surface area contributed by atoms with Crippen LogP contribution in [0.3, 0.4) is 0 Å². The number of carbonyl (C=O) groups is 1. The molecule has 3 rings (SSSR count). The first-order chi connectivity index (χ1) is 12.6. The van der Waals surface area contributed by atoms with E-state index in [9.17, 15) is 9.18 Å². The zero-order valence-corrected chi connectivity index (χ0v) is 16.6. The van der Waals surface area contributed by atoms with Gasteiger partial charge in [-0.15, -0.1) is 0 Å². The number of nitrogens with zero attached hydrogens (tertiary/aromatic N) is 3. The molecule has 0 saturated heterocycles. The Morgan fingerprint density at radius 2 is 1.81 bits per heavy atom. The molecule has 0 atom stereocenters. The van der Waals surface area contributed by atoms with Gasteiger partial charge in [0.2, 0.25) is 0 Å². The molecule has 1 amide bonds. The molecule has 1 N–H and O–H groups in total. The van der Waals surface area contributed by atoms with Gasteiger partial charge in [-0.25, -0.2) is 14.1 Å². The molecule has 0 aliphatic carbocycles. The molecule has 0 bridgehead atoms. The molecule has 0 saturated carbocycles. The Morgan fingerprint density at radius 1 is 1.19 bits per heavy atom. The van der Waals surface area contributed by atoms with Gasteiger partial charge in [0.15, 0.2) is 5.65 Å². The minimum atomic E-state index is -0.344. The van der Waals surface area contributed by atoms with E-state index in [1.54, 1.807) is 12.1 Å². The van der Waals surface area contributed by atoms with Crippen molar-refractivity contribution >= 4 is 22.6 Å². The minimum Gasteiger partial charge on any atom is -0.322 e. The molecule has 0 radical (unpaired) electrons. The number of amides is 1. The number of carbonyl (C=O) groups excluding carboxylic acids is 1. The summed E-state index contributed by atoms with van der Waals surface area (Å²) in [7, 11) is 0. The molecule has 0 spiro atoms. The highest BCUT2D eigenvalue weighted by molar-refractivity contribution is 6.12. The van der Waals surface area contributed by atoms with Gasteiger partial charge in [0.1, 0.15) is 5.82 Å². The summed E-state index contributed by atoms with van der Waals surface area (Å²) >= 11 is 0. The van der Waals surface area contributed by atoms with Crippen molar-refractivity contribution in [3.05, 3.63) is 53.1 Å². The van der Waals surface area contributed by atoms with Crippen molar-refractivity contribution in [2.24, 2.45) is 0 Å². The van der Waals surface area contributed by atoms with E-state index in [1.807, 2.05) is 31.5 Å². The molecule has 0 aliphatic rings. The third-order valence-electron chi connectivity index (χ3n) is 4.41. The maximum absolute atomic E-state index is 13.1. The molecule has 2 aromatic heterocycles. The summed E-state index contributed by atoms with van der Waals surface area (Å²) in [5.41, 5.74) is 3.10. The summed E-state index contributed by atoms with van der Waals surface area (Å²) in [6.07, 6.45) is 0. The van der Waals surface area contributed by atoms with Gasteiger partial charge < -0.3 is 5.32 Å². The van der Waals surface area contributed by atoms with Crippen LogP contribution < -0.4 is 5.32 Å². The first kappa shape index (κ1) is 19.0. The molecule has 2 heterocycles. The van der Waals surface area contributed by atoms with E-state index in [0.717, 1.165) is 16.8 Å². The second-order valence-electron chi connectivity index (χ2n) is 8.08. The first-order valence-electron chi connectivity index (χ1n) is 9.05. The zero-order valence-electron chi connectivity index (χ0n) is 16.6. The van der Waals surface area contributed by atoms with Crippen LogP contribution >= 0.6 is 0 Å². The van der Waals surface area contributed by atoms with Crippen LogP contribution in [0.4, 0.5) is 10.1 Å². The number of aromatic nitrogens is 3. The second-order valence-corrected chi connectivity index (χ2v) is 8.08. The predicted octanol–water partition coefficient (Wildman–Crippen LogP) is 5.01. The lowest BCUT2D eigenvalue weighted by Crippen LogP contribution is -2.24. The van der Waals surface area contributed by atoms with E-state index < -0.39 is 0 Å². The molecule has 1 aromatic carbocycles. The molecular formula is C21H25FN4O. The number of aryl methyl sites for hydroxylation is 1. The van der Waals surface area contributed by atoms with Crippen LogP contribution in [-0.2, 0) is 5.54 Å². The van der Waals surface area contributed by atoms with Gasteiger partial charge in [0, 0.05) is 11.4 Å². The van der Waals surface area contributed by atoms with E-state index >= 15 is 0 Å². The van der Waals surface area contributed by atoms with E-state index in [1.165, 1.54) is 12.1 Å². The summed E-state index contributed by atoms with van der Waals surface area (Å²) in [6, 6.07) is 7.55. The highest BCUT2D eigenvalue weighted by Gasteiger charge is 2.25. The predicted molar refractivity (Wildman–Crippen MR) is 106 cm³/mol. The van der Waals surface area contributed by atoms with Crippen molar-refractivity contribution in [1.29, 1.82) is 0 Å². The lowest BCUT2D eigenvalue weighted by molar-refractivity contribution is 0.102. The quantitative estimate of drug-likeness (QED) is 0.707. The number of hydrogen-bond acceptors (Lipinski definition) is 3. The Balaban J connectivity index is 2.17. The Kier molecular flexibility index (Phi) is 4.76. The van der Waals surface area contributed by atoms with Crippen LogP contribution in [0, 0.1) is 12.7 Å². The molecule has 0 unspecified atom stereocenters. The Labute approximate surface area is 158 Å². The third kappa shape index (κ3) is 3.70. The highest BCUT2D eigenvalue weighted by Crippen LogP contribution is 2.29. The average molecular weight is 368 g/mol. The second kappa shape index (κ2) is 6.76. The molecule has 5 nitrogen and oxygen atoms in total. The number of fused-ring (bicyclic) bond motifs is 1. The highest BCUT2D eigenvalue weighted by atomic mass is 19.1. The van der Waals surface area contributed by atoms with Crippen molar-refractivity contribution < 1.29 is 9.18 Å². The van der Waals surface area contributed by atoms with Gasteiger partial charge in [0.05, 0.1) is 22.2 Å². The lowest BCUT2D eigenvalue weighted by Gasteiger charge is -2.20. The number of benzene rings is 1. The summed E-state index contributed by atoms with van der Waals surface area (Å²) in [5.74, 6) is -0.438. The Morgan fingerprint density at radius 3 is 2.37 bits per heavy atom. The number of anilines is 1. The van der Waals surface area contributed by atoms with Gasteiger partial charge >= 0.3 is 0 Å². The normalized spacial score (nSPS) is 12.0. The van der Waals surface area contributed by atoms with Crippen molar-refractivity contribution in [2.45, 2.75) is 53.0 Å². The minimum absolute atomic E-state index is 0.162. The number of rotatable bonds is 3.